The van der Waals surface area contributed by atoms with Crippen LogP contribution in [0.2, 0.25) is 0 Å². The van der Waals surface area contributed by atoms with Crippen molar-refractivity contribution < 1.29 is 14.6 Å². The van der Waals surface area contributed by atoms with Crippen LogP contribution in [0.5, 0.6) is 5.75 Å². The van der Waals surface area contributed by atoms with Gasteiger partial charge in [-0.3, -0.25) is 4.79 Å². The molecule has 1 heterocycles. The molecule has 2 aromatic rings. The lowest BCUT2D eigenvalue weighted by Crippen LogP contribution is -2.32. The number of carbonyl (C=O) groups excluding carboxylic acids is 1. The van der Waals surface area contributed by atoms with Crippen molar-refractivity contribution in [3.8, 4) is 5.75 Å². The third kappa shape index (κ3) is 4.02. The van der Waals surface area contributed by atoms with Crippen molar-refractivity contribution in [1.82, 2.24) is 4.90 Å². The summed E-state index contributed by atoms with van der Waals surface area (Å²) in [5, 5.41) is 9.38. The second kappa shape index (κ2) is 7.43. The van der Waals surface area contributed by atoms with E-state index < -0.39 is 0 Å². The van der Waals surface area contributed by atoms with Gasteiger partial charge in [0.15, 0.2) is 0 Å². The van der Waals surface area contributed by atoms with Gasteiger partial charge < -0.3 is 14.7 Å². The van der Waals surface area contributed by atoms with Gasteiger partial charge in [0.05, 0.1) is 18.7 Å². The molecule has 2 atom stereocenters. The smallest absolute Gasteiger partial charge is 0.226 e. The van der Waals surface area contributed by atoms with E-state index in [9.17, 15) is 9.90 Å². The number of amides is 1. The topological polar surface area (TPSA) is 49.8 Å². The molecule has 0 saturated heterocycles. The van der Waals surface area contributed by atoms with Crippen molar-refractivity contribution in [2.75, 3.05) is 7.05 Å². The van der Waals surface area contributed by atoms with Gasteiger partial charge >= 0.3 is 0 Å². The van der Waals surface area contributed by atoms with Crippen LogP contribution in [0.4, 0.5) is 0 Å². The minimum Gasteiger partial charge on any atom is -0.508 e. The number of benzene rings is 2. The van der Waals surface area contributed by atoms with E-state index >= 15 is 0 Å². The zero-order valence-electron chi connectivity index (χ0n) is 14.6. The van der Waals surface area contributed by atoms with Gasteiger partial charge in [0.2, 0.25) is 5.91 Å². The minimum atomic E-state index is -0.137. The van der Waals surface area contributed by atoms with Crippen molar-refractivity contribution in [3.63, 3.8) is 0 Å². The Balaban J connectivity index is 1.56. The fourth-order valence-electron chi connectivity index (χ4n) is 3.01. The molecule has 0 spiro atoms. The maximum atomic E-state index is 12.6. The standard InChI is InChI=1S/C21H23NO3/c1-15(16-6-4-3-5-7-16)22(2)21(24)13-20-12-18(14-25-20)17-8-10-19(23)11-9-17/h3-11,14-15,20,23H,12-13H2,1-2H3. The van der Waals surface area contributed by atoms with E-state index in [4.69, 9.17) is 4.74 Å². The summed E-state index contributed by atoms with van der Waals surface area (Å²) in [4.78, 5) is 14.4. The number of nitrogens with zero attached hydrogens (tertiary/aromatic N) is 1. The van der Waals surface area contributed by atoms with Gasteiger partial charge in [0, 0.05) is 13.5 Å². The molecule has 4 heteroatoms. The second-order valence-corrected chi connectivity index (χ2v) is 6.45. The van der Waals surface area contributed by atoms with E-state index in [2.05, 4.69) is 0 Å². The Morgan fingerprint density at radius 1 is 1.20 bits per heavy atom. The molecule has 0 fully saturated rings. The highest BCUT2D eigenvalue weighted by Crippen LogP contribution is 2.30. The molecule has 3 rings (SSSR count). The summed E-state index contributed by atoms with van der Waals surface area (Å²) in [7, 11) is 1.84. The molecule has 2 aromatic carbocycles. The Morgan fingerprint density at radius 3 is 2.56 bits per heavy atom. The van der Waals surface area contributed by atoms with Crippen LogP contribution >= 0.6 is 0 Å². The van der Waals surface area contributed by atoms with E-state index in [0.29, 0.717) is 12.8 Å². The van der Waals surface area contributed by atoms with Gasteiger partial charge in [-0.15, -0.1) is 0 Å². The number of hydrogen-bond donors (Lipinski definition) is 1. The first-order chi connectivity index (χ1) is 12.0. The van der Waals surface area contributed by atoms with Crippen LogP contribution < -0.4 is 0 Å². The number of ether oxygens (including phenoxy) is 1. The van der Waals surface area contributed by atoms with Gasteiger partial charge in [0.1, 0.15) is 11.9 Å². The molecule has 1 aliphatic heterocycles. The second-order valence-electron chi connectivity index (χ2n) is 6.45. The van der Waals surface area contributed by atoms with Gasteiger partial charge in [-0.05, 0) is 35.8 Å². The van der Waals surface area contributed by atoms with Gasteiger partial charge in [-0.2, -0.15) is 0 Å². The Labute approximate surface area is 148 Å². The number of rotatable bonds is 5. The van der Waals surface area contributed by atoms with E-state index in [0.717, 1.165) is 16.7 Å². The van der Waals surface area contributed by atoms with Crippen LogP contribution in [0.3, 0.4) is 0 Å². The molecule has 25 heavy (non-hydrogen) atoms. The third-order valence-electron chi connectivity index (χ3n) is 4.75. The maximum Gasteiger partial charge on any atom is 0.226 e. The first-order valence-corrected chi connectivity index (χ1v) is 8.49. The molecular weight excluding hydrogens is 314 g/mol. The van der Waals surface area contributed by atoms with Crippen LogP contribution in [-0.4, -0.2) is 29.1 Å². The van der Waals surface area contributed by atoms with Crippen molar-refractivity contribution >= 4 is 11.5 Å². The zero-order valence-corrected chi connectivity index (χ0v) is 14.6. The number of aromatic hydroxyl groups is 1. The zero-order chi connectivity index (χ0) is 17.8. The van der Waals surface area contributed by atoms with Crippen LogP contribution in [0, 0.1) is 0 Å². The normalized spacial score (nSPS) is 17.5. The molecule has 0 bridgehead atoms. The van der Waals surface area contributed by atoms with Crippen LogP contribution in [0.25, 0.3) is 5.57 Å². The molecule has 0 radical (unpaired) electrons. The van der Waals surface area contributed by atoms with Crippen LogP contribution in [0.15, 0.2) is 60.9 Å². The fraction of sp³-hybridized carbons (Fsp3) is 0.286. The first-order valence-electron chi connectivity index (χ1n) is 8.49. The molecule has 0 aliphatic carbocycles. The van der Waals surface area contributed by atoms with Gasteiger partial charge in [0.25, 0.3) is 0 Å². The van der Waals surface area contributed by atoms with Crippen LogP contribution in [0.1, 0.15) is 36.9 Å². The molecule has 1 amide bonds. The SMILES string of the molecule is CC(c1ccccc1)N(C)C(=O)CC1CC(c2ccc(O)cc2)=CO1. The fourth-order valence-corrected chi connectivity index (χ4v) is 3.01. The first kappa shape index (κ1) is 17.1. The summed E-state index contributed by atoms with van der Waals surface area (Å²) in [6.45, 7) is 2.03. The maximum absolute atomic E-state index is 12.6. The molecule has 0 saturated carbocycles. The highest BCUT2D eigenvalue weighted by atomic mass is 16.5. The Hall–Kier alpha value is -2.75. The number of phenolic OH excluding ortho intramolecular Hbond substituents is 1. The Bertz CT molecular complexity index is 752. The van der Waals surface area contributed by atoms with E-state index in [-0.39, 0.29) is 23.8 Å². The predicted molar refractivity (Wildman–Crippen MR) is 97.8 cm³/mol. The molecule has 0 aromatic heterocycles. The molecule has 130 valence electrons. The molecule has 1 aliphatic rings. The van der Waals surface area contributed by atoms with Gasteiger partial charge in [-0.1, -0.05) is 42.5 Å². The largest absolute Gasteiger partial charge is 0.508 e. The van der Waals surface area contributed by atoms with E-state index in [1.165, 1.54) is 0 Å². The number of phenols is 1. The van der Waals surface area contributed by atoms with Crippen molar-refractivity contribution in [1.29, 1.82) is 0 Å². The lowest BCUT2D eigenvalue weighted by Gasteiger charge is -2.26. The summed E-state index contributed by atoms with van der Waals surface area (Å²) < 4.78 is 5.68. The van der Waals surface area contributed by atoms with E-state index in [1.54, 1.807) is 23.3 Å². The van der Waals surface area contributed by atoms with Crippen molar-refractivity contribution in [3.05, 3.63) is 72.0 Å². The monoisotopic (exact) mass is 337 g/mol. The van der Waals surface area contributed by atoms with Crippen LogP contribution in [-0.2, 0) is 9.53 Å². The molecule has 1 N–H and O–H groups in total. The lowest BCUT2D eigenvalue weighted by atomic mass is 10.0. The third-order valence-corrected chi connectivity index (χ3v) is 4.75. The molecule has 4 nitrogen and oxygen atoms in total. The molecular formula is C21H23NO3. The Kier molecular flexibility index (Phi) is 5.08. The summed E-state index contributed by atoms with van der Waals surface area (Å²) in [6.07, 6.45) is 2.64. The average Bonchev–Trinajstić information content (AvgIpc) is 3.10. The number of carbonyl (C=O) groups is 1. The van der Waals surface area contributed by atoms with E-state index in [1.807, 2.05) is 56.4 Å². The molecule has 2 unspecified atom stereocenters. The van der Waals surface area contributed by atoms with Crippen molar-refractivity contribution in [2.45, 2.75) is 31.9 Å². The summed E-state index contributed by atoms with van der Waals surface area (Å²) in [5.74, 6) is 0.313. The Morgan fingerprint density at radius 2 is 1.88 bits per heavy atom. The van der Waals surface area contributed by atoms with Crippen molar-refractivity contribution in [2.24, 2.45) is 0 Å². The van der Waals surface area contributed by atoms with Gasteiger partial charge in [-0.25, -0.2) is 0 Å². The predicted octanol–water partition coefficient (Wildman–Crippen LogP) is 4.13. The average molecular weight is 337 g/mol. The number of hydrogen-bond acceptors (Lipinski definition) is 3. The lowest BCUT2D eigenvalue weighted by molar-refractivity contribution is -0.133. The highest BCUT2D eigenvalue weighted by Gasteiger charge is 2.26. The summed E-state index contributed by atoms with van der Waals surface area (Å²) >= 11 is 0. The summed E-state index contributed by atoms with van der Waals surface area (Å²) in [5.41, 5.74) is 3.18. The minimum absolute atomic E-state index is 0.0274. The quantitative estimate of drug-likeness (QED) is 0.892. The highest BCUT2D eigenvalue weighted by molar-refractivity contribution is 5.78. The summed E-state index contributed by atoms with van der Waals surface area (Å²) in [6, 6.07) is 17.1.